The van der Waals surface area contributed by atoms with Gasteiger partial charge >= 0.3 is 6.36 Å². The molecule has 0 saturated heterocycles. The molecule has 2 fully saturated rings. The molecule has 0 atom stereocenters. The van der Waals surface area contributed by atoms with Gasteiger partial charge in [0.1, 0.15) is 11.3 Å². The van der Waals surface area contributed by atoms with Crippen molar-refractivity contribution in [3.63, 3.8) is 0 Å². The smallest absolute Gasteiger partial charge is 0.406 e. The number of ether oxygens (including phenoxy) is 1. The van der Waals surface area contributed by atoms with Crippen LogP contribution >= 0.6 is 11.3 Å². The first-order chi connectivity index (χ1) is 16.1. The average Bonchev–Trinajstić information content (AvgIpc) is 3.18. The van der Waals surface area contributed by atoms with Crippen LogP contribution in [0.2, 0.25) is 0 Å². The zero-order valence-corrected chi connectivity index (χ0v) is 19.8. The van der Waals surface area contributed by atoms with Crippen molar-refractivity contribution in [3.8, 4) is 5.75 Å². The van der Waals surface area contributed by atoms with Crippen molar-refractivity contribution in [2.24, 2.45) is 11.1 Å². The summed E-state index contributed by atoms with van der Waals surface area (Å²) in [6.45, 7) is 2.00. The van der Waals surface area contributed by atoms with Crippen LogP contribution in [-0.2, 0) is 4.79 Å². The van der Waals surface area contributed by atoms with E-state index < -0.39 is 17.3 Å². The van der Waals surface area contributed by atoms with E-state index in [9.17, 15) is 23.2 Å². The topological polar surface area (TPSA) is 101 Å². The Balaban J connectivity index is 1.57. The van der Waals surface area contributed by atoms with E-state index in [-0.39, 0.29) is 18.2 Å². The molecule has 2 aromatic rings. The number of benzene rings is 1. The number of fused-ring (bicyclic) bond motifs is 1. The summed E-state index contributed by atoms with van der Waals surface area (Å²) in [6.07, 6.45) is 3.23. The van der Waals surface area contributed by atoms with E-state index in [0.717, 1.165) is 30.7 Å². The van der Waals surface area contributed by atoms with Crippen LogP contribution in [0.1, 0.15) is 58.3 Å². The number of hydrogen-bond donors (Lipinski definition) is 3. The number of carbonyl (C=O) groups is 1. The number of nitrogens with two attached hydrogens (primary N) is 1. The lowest BCUT2D eigenvalue weighted by molar-refractivity contribution is -0.274. The fraction of sp³-hybridized carbons (Fsp3) is 0.565. The van der Waals surface area contributed by atoms with Crippen molar-refractivity contribution in [2.45, 2.75) is 70.2 Å². The monoisotopic (exact) mass is 498 g/mol. The summed E-state index contributed by atoms with van der Waals surface area (Å²) in [4.78, 5) is 17.9. The van der Waals surface area contributed by atoms with Crippen LogP contribution < -0.4 is 15.8 Å². The molecule has 2 aliphatic rings. The second-order valence-electron chi connectivity index (χ2n) is 9.07. The fourth-order valence-corrected chi connectivity index (χ4v) is 5.89. The third kappa shape index (κ3) is 4.60. The van der Waals surface area contributed by atoms with Gasteiger partial charge in [-0.1, -0.05) is 36.7 Å². The first kappa shape index (κ1) is 24.7. The van der Waals surface area contributed by atoms with E-state index in [2.05, 4.69) is 15.0 Å². The summed E-state index contributed by atoms with van der Waals surface area (Å²) >= 11 is 1.17. The van der Waals surface area contributed by atoms with Crippen molar-refractivity contribution in [3.05, 3.63) is 30.0 Å². The number of carbonyl (C=O) groups excluding carboxylic acids is 1. The third-order valence-electron chi connectivity index (χ3n) is 7.06. The largest absolute Gasteiger partial charge is 0.573 e. The van der Waals surface area contributed by atoms with E-state index in [4.69, 9.17) is 5.73 Å². The van der Waals surface area contributed by atoms with Crippen LogP contribution in [0.5, 0.6) is 5.75 Å². The lowest BCUT2D eigenvalue weighted by Gasteiger charge is -2.51. The van der Waals surface area contributed by atoms with Crippen molar-refractivity contribution in [2.75, 3.05) is 11.9 Å². The van der Waals surface area contributed by atoms with E-state index in [0.29, 0.717) is 46.7 Å². The molecular formula is C23H29F3N4O3S. The maximum absolute atomic E-state index is 13.5. The van der Waals surface area contributed by atoms with Crippen LogP contribution in [0.25, 0.3) is 10.2 Å². The van der Waals surface area contributed by atoms with Crippen LogP contribution in [-0.4, -0.2) is 39.6 Å². The lowest BCUT2D eigenvalue weighted by atomic mass is 9.69. The van der Waals surface area contributed by atoms with Gasteiger partial charge in [0, 0.05) is 18.3 Å². The molecule has 0 unspecified atom stereocenters. The van der Waals surface area contributed by atoms with Gasteiger partial charge in [0.05, 0.1) is 15.6 Å². The van der Waals surface area contributed by atoms with Crippen molar-refractivity contribution in [1.82, 2.24) is 10.0 Å². The number of allylic oxidation sites excluding steroid dienone is 1. The molecule has 2 saturated carbocycles. The number of nitrogens with one attached hydrogen (secondary N) is 1. The van der Waals surface area contributed by atoms with Gasteiger partial charge in [0.25, 0.3) is 5.91 Å². The first-order valence-electron chi connectivity index (χ1n) is 11.5. The highest BCUT2D eigenvalue weighted by Crippen LogP contribution is 2.47. The van der Waals surface area contributed by atoms with Crippen LogP contribution in [0, 0.1) is 5.41 Å². The second kappa shape index (κ2) is 9.35. The highest BCUT2D eigenvalue weighted by molar-refractivity contribution is 7.22. The van der Waals surface area contributed by atoms with E-state index in [1.165, 1.54) is 29.5 Å². The molecule has 4 rings (SSSR count). The molecule has 1 aromatic heterocycles. The van der Waals surface area contributed by atoms with Gasteiger partial charge in [0.2, 0.25) is 0 Å². The van der Waals surface area contributed by atoms with Gasteiger partial charge in [-0.25, -0.2) is 10.0 Å². The van der Waals surface area contributed by atoms with Gasteiger partial charge < -0.3 is 15.8 Å². The number of halogens is 3. The average molecular weight is 499 g/mol. The molecule has 0 aliphatic heterocycles. The summed E-state index contributed by atoms with van der Waals surface area (Å²) in [7, 11) is 0. The number of alkyl halides is 3. The SMILES string of the molecule is C/C=C(/Nc1nc2ccc(OC(F)(F)F)cc2s1)C1(N(O)C(=O)C2(CN)CCCCC2)CCC1. The number of rotatable bonds is 7. The summed E-state index contributed by atoms with van der Waals surface area (Å²) in [5.41, 5.74) is 5.51. The molecule has 186 valence electrons. The summed E-state index contributed by atoms with van der Waals surface area (Å²) < 4.78 is 42.2. The quantitative estimate of drug-likeness (QED) is 0.341. The number of anilines is 1. The van der Waals surface area contributed by atoms with Crippen molar-refractivity contribution in [1.29, 1.82) is 0 Å². The van der Waals surface area contributed by atoms with Crippen molar-refractivity contribution >= 4 is 32.6 Å². The van der Waals surface area contributed by atoms with Gasteiger partial charge in [0.15, 0.2) is 5.13 Å². The van der Waals surface area contributed by atoms with Crippen LogP contribution in [0.15, 0.2) is 30.0 Å². The lowest BCUT2D eigenvalue weighted by Crippen LogP contribution is -2.61. The molecule has 34 heavy (non-hydrogen) atoms. The van der Waals surface area contributed by atoms with Crippen LogP contribution in [0.4, 0.5) is 18.3 Å². The Kier molecular flexibility index (Phi) is 6.80. The molecule has 0 spiro atoms. The molecule has 0 bridgehead atoms. The Labute approximate surface area is 199 Å². The number of aromatic nitrogens is 1. The normalized spacial score (nSPS) is 20.0. The van der Waals surface area contributed by atoms with Gasteiger partial charge in [-0.15, -0.1) is 13.2 Å². The Hall–Kier alpha value is -2.37. The van der Waals surface area contributed by atoms with Crippen LogP contribution in [0.3, 0.4) is 0 Å². The number of amides is 1. The van der Waals surface area contributed by atoms with Gasteiger partial charge in [-0.05, 0) is 51.2 Å². The Morgan fingerprint density at radius 1 is 1.26 bits per heavy atom. The summed E-state index contributed by atoms with van der Waals surface area (Å²) in [5.74, 6) is -0.655. The predicted octanol–water partition coefficient (Wildman–Crippen LogP) is 5.56. The molecule has 1 heterocycles. The molecule has 2 aliphatic carbocycles. The minimum Gasteiger partial charge on any atom is -0.406 e. The molecule has 0 radical (unpaired) electrons. The Morgan fingerprint density at radius 3 is 2.53 bits per heavy atom. The maximum atomic E-state index is 13.5. The minimum absolute atomic E-state index is 0.192. The molecule has 1 aromatic carbocycles. The zero-order valence-electron chi connectivity index (χ0n) is 19.0. The van der Waals surface area contributed by atoms with Gasteiger partial charge in [-0.3, -0.25) is 10.0 Å². The second-order valence-corrected chi connectivity index (χ2v) is 10.1. The molecule has 7 nitrogen and oxygen atoms in total. The number of thiazole rings is 1. The minimum atomic E-state index is -4.77. The van der Waals surface area contributed by atoms with E-state index in [1.807, 2.05) is 6.92 Å². The maximum Gasteiger partial charge on any atom is 0.573 e. The summed E-state index contributed by atoms with van der Waals surface area (Å²) in [6, 6.07) is 3.96. The number of hydrogen-bond acceptors (Lipinski definition) is 7. The standard InChI is InChI=1S/C23H29F3N4O3S/c1-2-18(29-20-28-16-8-7-15(13-17(16)34-20)33-23(24,25)26)22(11-6-12-22)30(32)19(31)21(14-27)9-4-3-5-10-21/h2,7-8,13,32H,3-6,9-12,14,27H2,1H3,(H,28,29)/b18-2+. The molecule has 11 heteroatoms. The summed E-state index contributed by atoms with van der Waals surface area (Å²) in [5, 5.41) is 15.8. The molecule has 1 amide bonds. The van der Waals surface area contributed by atoms with E-state index >= 15 is 0 Å². The highest BCUT2D eigenvalue weighted by atomic mass is 32.1. The Bertz CT molecular complexity index is 1080. The van der Waals surface area contributed by atoms with Crippen molar-refractivity contribution < 1.29 is 27.9 Å². The number of nitrogens with zero attached hydrogens (tertiary/aromatic N) is 2. The first-order valence-corrected chi connectivity index (χ1v) is 12.3. The molecule has 4 N–H and O–H groups in total. The fourth-order valence-electron chi connectivity index (χ4n) is 4.99. The van der Waals surface area contributed by atoms with E-state index in [1.54, 1.807) is 6.08 Å². The van der Waals surface area contributed by atoms with Gasteiger partial charge in [-0.2, -0.15) is 0 Å². The third-order valence-corrected chi connectivity index (χ3v) is 7.99. The number of hydroxylamine groups is 2. The Morgan fingerprint density at radius 2 is 1.97 bits per heavy atom. The molecular weight excluding hydrogens is 469 g/mol. The highest BCUT2D eigenvalue weighted by Gasteiger charge is 2.52. The predicted molar refractivity (Wildman–Crippen MR) is 123 cm³/mol. The zero-order chi connectivity index (χ0) is 24.6.